The van der Waals surface area contributed by atoms with Crippen LogP contribution < -0.4 is 10.4 Å². The number of carbonyl (C=O) groups is 3. The van der Waals surface area contributed by atoms with Crippen LogP contribution in [0.15, 0.2) is 0 Å². The Bertz CT molecular complexity index is 593. The topological polar surface area (TPSA) is 95.5 Å². The predicted molar refractivity (Wildman–Crippen MR) is 79.8 cm³/mol. The quantitative estimate of drug-likeness (QED) is 0.795. The molecule has 0 saturated carbocycles. The molecular formula is C15H18NO5S-. The molecule has 0 unspecified atom stereocenters. The van der Waals surface area contributed by atoms with Gasteiger partial charge in [-0.1, -0.05) is 0 Å². The Morgan fingerprint density at radius 3 is 2.64 bits per heavy atom. The predicted octanol–water partition coefficient (Wildman–Crippen LogP) is 1.27. The molecule has 1 N–H and O–H groups in total. The number of esters is 1. The first-order valence-electron chi connectivity index (χ1n) is 7.25. The molecule has 120 valence electrons. The van der Waals surface area contributed by atoms with Gasteiger partial charge in [-0.2, -0.15) is 0 Å². The Morgan fingerprint density at radius 1 is 1.23 bits per heavy atom. The molecule has 0 fully saturated rings. The summed E-state index contributed by atoms with van der Waals surface area (Å²) in [6.45, 7) is 0. The molecule has 6 nitrogen and oxygen atoms in total. The van der Waals surface area contributed by atoms with E-state index < -0.39 is 11.9 Å². The van der Waals surface area contributed by atoms with Crippen molar-refractivity contribution in [2.45, 2.75) is 44.9 Å². The van der Waals surface area contributed by atoms with Crippen LogP contribution in [0.4, 0.5) is 5.00 Å². The first-order valence-corrected chi connectivity index (χ1v) is 8.07. The molecule has 0 aromatic carbocycles. The van der Waals surface area contributed by atoms with Gasteiger partial charge in [0.15, 0.2) is 0 Å². The summed E-state index contributed by atoms with van der Waals surface area (Å²) in [6, 6.07) is 0. The number of methoxy groups -OCH3 is 1. The van der Waals surface area contributed by atoms with E-state index >= 15 is 0 Å². The second-order valence-electron chi connectivity index (χ2n) is 5.18. The first kappa shape index (κ1) is 16.5. The van der Waals surface area contributed by atoms with Crippen molar-refractivity contribution in [1.82, 2.24) is 0 Å². The summed E-state index contributed by atoms with van der Waals surface area (Å²) in [7, 11) is 1.32. The van der Waals surface area contributed by atoms with Gasteiger partial charge in [0.05, 0.1) is 12.7 Å². The standard InChI is InChI=1S/C15H19NO5S/c1-21-15(20)13-9-5-2-3-6-10(9)22-14(13)16-11(17)7-4-8-12(18)19/h2-8H2,1H3,(H,16,17)(H,18,19)/p-1. The minimum absolute atomic E-state index is 0.0805. The fourth-order valence-corrected chi connectivity index (χ4v) is 3.85. The van der Waals surface area contributed by atoms with Crippen LogP contribution in [0.2, 0.25) is 0 Å². The van der Waals surface area contributed by atoms with Crippen molar-refractivity contribution in [3.05, 3.63) is 16.0 Å². The third kappa shape index (κ3) is 3.85. The van der Waals surface area contributed by atoms with Crippen molar-refractivity contribution in [3.63, 3.8) is 0 Å². The molecule has 2 rings (SSSR count). The van der Waals surface area contributed by atoms with Crippen molar-refractivity contribution >= 4 is 34.2 Å². The third-order valence-electron chi connectivity index (χ3n) is 3.60. The zero-order chi connectivity index (χ0) is 16.1. The maximum Gasteiger partial charge on any atom is 0.341 e. The Hall–Kier alpha value is -1.89. The van der Waals surface area contributed by atoms with E-state index in [9.17, 15) is 19.5 Å². The van der Waals surface area contributed by atoms with Crippen molar-refractivity contribution in [2.24, 2.45) is 0 Å². The van der Waals surface area contributed by atoms with E-state index in [0.717, 1.165) is 36.1 Å². The highest BCUT2D eigenvalue weighted by Crippen LogP contribution is 2.38. The van der Waals surface area contributed by atoms with Gasteiger partial charge in [0.1, 0.15) is 5.00 Å². The number of amides is 1. The number of hydrogen-bond donors (Lipinski definition) is 1. The molecule has 0 spiro atoms. The zero-order valence-electron chi connectivity index (χ0n) is 12.4. The van der Waals surface area contributed by atoms with Crippen molar-refractivity contribution < 1.29 is 24.2 Å². The van der Waals surface area contributed by atoms with Gasteiger partial charge in [-0.05, 0) is 44.1 Å². The lowest BCUT2D eigenvalue weighted by molar-refractivity contribution is -0.305. The molecule has 0 radical (unpaired) electrons. The van der Waals surface area contributed by atoms with E-state index in [1.54, 1.807) is 0 Å². The molecule has 0 atom stereocenters. The summed E-state index contributed by atoms with van der Waals surface area (Å²) >= 11 is 1.41. The van der Waals surface area contributed by atoms with Crippen LogP contribution in [0.3, 0.4) is 0 Å². The number of carbonyl (C=O) groups excluding carboxylic acids is 3. The Morgan fingerprint density at radius 2 is 1.95 bits per heavy atom. The molecule has 22 heavy (non-hydrogen) atoms. The lowest BCUT2D eigenvalue weighted by Crippen LogP contribution is -2.22. The summed E-state index contributed by atoms with van der Waals surface area (Å²) in [4.78, 5) is 35.4. The number of ether oxygens (including phenoxy) is 1. The normalized spacial score (nSPS) is 13.3. The van der Waals surface area contributed by atoms with Crippen molar-refractivity contribution in [3.8, 4) is 0 Å². The Labute approximate surface area is 132 Å². The second-order valence-corrected chi connectivity index (χ2v) is 6.29. The number of hydrogen-bond acceptors (Lipinski definition) is 6. The fourth-order valence-electron chi connectivity index (χ4n) is 2.55. The molecule has 1 aromatic rings. The smallest absolute Gasteiger partial charge is 0.341 e. The third-order valence-corrected chi connectivity index (χ3v) is 4.81. The Balaban J connectivity index is 2.12. The maximum absolute atomic E-state index is 12.0. The van der Waals surface area contributed by atoms with Crippen molar-refractivity contribution in [2.75, 3.05) is 12.4 Å². The minimum atomic E-state index is -1.17. The number of carboxylic acid groups (broad SMARTS) is 1. The number of carboxylic acids is 1. The fraction of sp³-hybridized carbons (Fsp3) is 0.533. The largest absolute Gasteiger partial charge is 0.550 e. The van der Waals surface area contributed by atoms with Gasteiger partial charge in [0, 0.05) is 17.3 Å². The molecule has 0 aliphatic heterocycles. The van der Waals surface area contributed by atoms with Gasteiger partial charge in [-0.15, -0.1) is 11.3 Å². The molecular weight excluding hydrogens is 306 g/mol. The molecule has 0 saturated heterocycles. The number of thiophene rings is 1. The molecule has 1 aromatic heterocycles. The van der Waals surface area contributed by atoms with E-state index in [1.165, 1.54) is 18.4 Å². The number of nitrogens with one attached hydrogen (secondary N) is 1. The number of fused-ring (bicyclic) bond motifs is 1. The summed E-state index contributed by atoms with van der Waals surface area (Å²) < 4.78 is 4.83. The highest BCUT2D eigenvalue weighted by atomic mass is 32.1. The van der Waals surface area contributed by atoms with Crippen LogP contribution in [0.5, 0.6) is 0 Å². The number of rotatable bonds is 6. The minimum Gasteiger partial charge on any atom is -0.550 e. The maximum atomic E-state index is 12.0. The molecule has 0 bridgehead atoms. The average molecular weight is 324 g/mol. The molecule has 7 heteroatoms. The van der Waals surface area contributed by atoms with Crippen LogP contribution in [0.1, 0.15) is 52.9 Å². The van der Waals surface area contributed by atoms with Crippen LogP contribution >= 0.6 is 11.3 Å². The Kier molecular flexibility index (Phi) is 5.54. The van der Waals surface area contributed by atoms with Gasteiger partial charge in [-0.25, -0.2) is 4.79 Å². The van der Waals surface area contributed by atoms with E-state index in [4.69, 9.17) is 4.74 Å². The number of aliphatic carboxylic acids is 1. The van der Waals surface area contributed by atoms with Gasteiger partial charge < -0.3 is 20.0 Å². The lowest BCUT2D eigenvalue weighted by atomic mass is 9.95. The molecule has 1 amide bonds. The first-order chi connectivity index (χ1) is 10.5. The summed E-state index contributed by atoms with van der Waals surface area (Å²) in [5, 5.41) is 13.6. The van der Waals surface area contributed by atoms with E-state index in [0.29, 0.717) is 10.6 Å². The monoisotopic (exact) mass is 324 g/mol. The number of aryl methyl sites for hydroxylation is 1. The van der Waals surface area contributed by atoms with Gasteiger partial charge in [0.2, 0.25) is 5.91 Å². The molecule has 1 aliphatic carbocycles. The lowest BCUT2D eigenvalue weighted by Gasteiger charge is -2.11. The zero-order valence-corrected chi connectivity index (χ0v) is 13.2. The van der Waals surface area contributed by atoms with Crippen LogP contribution in [-0.2, 0) is 27.2 Å². The van der Waals surface area contributed by atoms with Crippen LogP contribution in [-0.4, -0.2) is 25.0 Å². The summed E-state index contributed by atoms with van der Waals surface area (Å²) in [5.74, 6) is -1.91. The second kappa shape index (κ2) is 7.40. The van der Waals surface area contributed by atoms with Crippen LogP contribution in [0, 0.1) is 0 Å². The van der Waals surface area contributed by atoms with Gasteiger partial charge in [-0.3, -0.25) is 4.79 Å². The number of anilines is 1. The average Bonchev–Trinajstić information content (AvgIpc) is 2.83. The molecule has 1 heterocycles. The highest BCUT2D eigenvalue weighted by molar-refractivity contribution is 7.17. The van der Waals surface area contributed by atoms with Crippen molar-refractivity contribution in [1.29, 1.82) is 0 Å². The van der Waals surface area contributed by atoms with Gasteiger partial charge in [0.25, 0.3) is 0 Å². The summed E-state index contributed by atoms with van der Waals surface area (Å²) in [6.07, 6.45) is 3.96. The molecule has 1 aliphatic rings. The SMILES string of the molecule is COC(=O)c1c(NC(=O)CCCC(=O)[O-])sc2c1CCCC2. The van der Waals surface area contributed by atoms with Crippen LogP contribution in [0.25, 0.3) is 0 Å². The highest BCUT2D eigenvalue weighted by Gasteiger charge is 2.26. The van der Waals surface area contributed by atoms with E-state index in [-0.39, 0.29) is 25.2 Å². The van der Waals surface area contributed by atoms with E-state index in [2.05, 4.69) is 5.32 Å². The summed E-state index contributed by atoms with van der Waals surface area (Å²) in [5.41, 5.74) is 1.43. The van der Waals surface area contributed by atoms with Gasteiger partial charge >= 0.3 is 5.97 Å². The van der Waals surface area contributed by atoms with E-state index in [1.807, 2.05) is 0 Å².